The molecule has 110 valence electrons. The van der Waals surface area contributed by atoms with Crippen LogP contribution in [0.4, 0.5) is 4.39 Å². The molecular formula is C14H19FN2O3. The van der Waals surface area contributed by atoms with Crippen molar-refractivity contribution in [2.75, 3.05) is 20.2 Å². The number of carbonyl (C=O) groups excluding carboxylic acids is 2. The van der Waals surface area contributed by atoms with Crippen molar-refractivity contribution in [3.05, 3.63) is 30.1 Å². The van der Waals surface area contributed by atoms with Crippen LogP contribution < -0.4 is 10.1 Å². The molecule has 20 heavy (non-hydrogen) atoms. The van der Waals surface area contributed by atoms with Gasteiger partial charge in [-0.15, -0.1) is 0 Å². The summed E-state index contributed by atoms with van der Waals surface area (Å²) in [4.78, 5) is 24.5. The first-order valence-corrected chi connectivity index (χ1v) is 6.30. The van der Waals surface area contributed by atoms with Crippen LogP contribution in [0.5, 0.6) is 5.75 Å². The van der Waals surface area contributed by atoms with Crippen LogP contribution in [0.2, 0.25) is 0 Å². The van der Waals surface area contributed by atoms with Crippen molar-refractivity contribution < 1.29 is 18.7 Å². The summed E-state index contributed by atoms with van der Waals surface area (Å²) in [7, 11) is 1.49. The van der Waals surface area contributed by atoms with E-state index in [9.17, 15) is 14.0 Å². The highest BCUT2D eigenvalue weighted by molar-refractivity contribution is 5.85. The van der Waals surface area contributed by atoms with Gasteiger partial charge in [0.2, 0.25) is 5.91 Å². The second kappa shape index (κ2) is 7.47. The Balaban J connectivity index is 2.42. The smallest absolute Gasteiger partial charge is 0.260 e. The molecule has 0 aliphatic rings. The van der Waals surface area contributed by atoms with Gasteiger partial charge in [0.1, 0.15) is 0 Å². The number of hydrogen-bond acceptors (Lipinski definition) is 3. The lowest BCUT2D eigenvalue weighted by atomic mass is 10.3. The SMILES string of the molecule is CC(C)NC(=O)CN(C)C(=O)COc1ccccc1F. The van der Waals surface area contributed by atoms with Crippen molar-refractivity contribution in [2.45, 2.75) is 19.9 Å². The number of amides is 2. The molecule has 0 aliphatic carbocycles. The minimum absolute atomic E-state index is 0.0145. The molecule has 2 amide bonds. The predicted octanol–water partition coefficient (Wildman–Crippen LogP) is 1.19. The Bertz CT molecular complexity index is 477. The number of ether oxygens (including phenoxy) is 1. The van der Waals surface area contributed by atoms with Gasteiger partial charge in [0, 0.05) is 13.1 Å². The lowest BCUT2D eigenvalue weighted by Gasteiger charge is -2.18. The van der Waals surface area contributed by atoms with E-state index in [4.69, 9.17) is 4.74 Å². The van der Waals surface area contributed by atoms with Gasteiger partial charge in [0.15, 0.2) is 18.2 Å². The van der Waals surface area contributed by atoms with Gasteiger partial charge in [0.05, 0.1) is 6.54 Å². The fourth-order valence-electron chi connectivity index (χ4n) is 1.48. The van der Waals surface area contributed by atoms with Crippen LogP contribution in [0.25, 0.3) is 0 Å². The molecule has 0 saturated carbocycles. The average Bonchev–Trinajstić information content (AvgIpc) is 2.36. The first kappa shape index (κ1) is 15.9. The zero-order valence-corrected chi connectivity index (χ0v) is 11.9. The van der Waals surface area contributed by atoms with E-state index in [2.05, 4.69) is 5.32 Å². The van der Waals surface area contributed by atoms with Crippen LogP contribution in [0, 0.1) is 5.82 Å². The van der Waals surface area contributed by atoms with E-state index >= 15 is 0 Å². The third kappa shape index (κ3) is 5.26. The van der Waals surface area contributed by atoms with Crippen LogP contribution in [-0.4, -0.2) is 43.0 Å². The van der Waals surface area contributed by atoms with Gasteiger partial charge in [0.25, 0.3) is 5.91 Å². The van der Waals surface area contributed by atoms with Crippen molar-refractivity contribution in [3.8, 4) is 5.75 Å². The van der Waals surface area contributed by atoms with E-state index in [0.717, 1.165) is 0 Å². The molecule has 1 N–H and O–H groups in total. The summed E-state index contributed by atoms with van der Waals surface area (Å²) in [5.74, 6) is -1.16. The van der Waals surface area contributed by atoms with E-state index in [-0.39, 0.29) is 30.9 Å². The highest BCUT2D eigenvalue weighted by Gasteiger charge is 2.14. The Morgan fingerprint density at radius 1 is 1.35 bits per heavy atom. The molecule has 0 aromatic heterocycles. The molecule has 0 heterocycles. The van der Waals surface area contributed by atoms with Crippen LogP contribution in [0.1, 0.15) is 13.8 Å². The number of likely N-dealkylation sites (N-methyl/N-ethyl adjacent to an activating group) is 1. The largest absolute Gasteiger partial charge is 0.481 e. The molecule has 0 spiro atoms. The molecule has 0 unspecified atom stereocenters. The Morgan fingerprint density at radius 3 is 2.60 bits per heavy atom. The Morgan fingerprint density at radius 2 is 2.00 bits per heavy atom. The first-order chi connectivity index (χ1) is 9.40. The summed E-state index contributed by atoms with van der Waals surface area (Å²) >= 11 is 0. The van der Waals surface area contributed by atoms with Crippen LogP contribution >= 0.6 is 0 Å². The molecule has 1 aromatic rings. The third-order valence-corrected chi connectivity index (χ3v) is 2.44. The summed E-state index contributed by atoms with van der Waals surface area (Å²) in [6, 6.07) is 5.85. The maximum atomic E-state index is 13.3. The van der Waals surface area contributed by atoms with Crippen molar-refractivity contribution in [3.63, 3.8) is 0 Å². The van der Waals surface area contributed by atoms with Crippen molar-refractivity contribution >= 4 is 11.8 Å². The minimum atomic E-state index is -0.527. The quantitative estimate of drug-likeness (QED) is 0.852. The van der Waals surface area contributed by atoms with Crippen molar-refractivity contribution in [2.24, 2.45) is 0 Å². The minimum Gasteiger partial charge on any atom is -0.481 e. The third-order valence-electron chi connectivity index (χ3n) is 2.44. The van der Waals surface area contributed by atoms with E-state index in [1.54, 1.807) is 6.07 Å². The van der Waals surface area contributed by atoms with Gasteiger partial charge in [-0.25, -0.2) is 4.39 Å². The molecule has 0 bridgehead atoms. The highest BCUT2D eigenvalue weighted by atomic mass is 19.1. The maximum Gasteiger partial charge on any atom is 0.260 e. The normalized spacial score (nSPS) is 10.2. The van der Waals surface area contributed by atoms with Gasteiger partial charge in [-0.3, -0.25) is 9.59 Å². The summed E-state index contributed by atoms with van der Waals surface area (Å²) in [6.07, 6.45) is 0. The molecule has 1 rings (SSSR count). The number of halogens is 1. The molecule has 0 atom stereocenters. The van der Waals surface area contributed by atoms with Crippen LogP contribution in [-0.2, 0) is 9.59 Å². The average molecular weight is 282 g/mol. The van der Waals surface area contributed by atoms with E-state index in [0.29, 0.717) is 0 Å². The molecular weight excluding hydrogens is 263 g/mol. The number of nitrogens with one attached hydrogen (secondary N) is 1. The fraction of sp³-hybridized carbons (Fsp3) is 0.429. The summed E-state index contributed by atoms with van der Waals surface area (Å²) in [6.45, 7) is 3.30. The molecule has 0 saturated heterocycles. The zero-order valence-electron chi connectivity index (χ0n) is 11.9. The van der Waals surface area contributed by atoms with Gasteiger partial charge >= 0.3 is 0 Å². The summed E-state index contributed by atoms with van der Waals surface area (Å²) < 4.78 is 18.4. The van der Waals surface area contributed by atoms with Crippen molar-refractivity contribution in [1.82, 2.24) is 10.2 Å². The summed E-state index contributed by atoms with van der Waals surface area (Å²) in [5.41, 5.74) is 0. The van der Waals surface area contributed by atoms with Gasteiger partial charge < -0.3 is 15.0 Å². The maximum absolute atomic E-state index is 13.3. The Kier molecular flexibility index (Phi) is 5.96. The van der Waals surface area contributed by atoms with E-state index in [1.165, 1.54) is 30.1 Å². The lowest BCUT2D eigenvalue weighted by molar-refractivity contribution is -0.136. The molecule has 0 fully saturated rings. The predicted molar refractivity (Wildman–Crippen MR) is 72.8 cm³/mol. The lowest BCUT2D eigenvalue weighted by Crippen LogP contribution is -2.42. The number of para-hydroxylation sites is 1. The molecule has 0 radical (unpaired) electrons. The number of benzene rings is 1. The highest BCUT2D eigenvalue weighted by Crippen LogP contribution is 2.15. The second-order valence-corrected chi connectivity index (χ2v) is 4.69. The van der Waals surface area contributed by atoms with E-state index in [1.807, 2.05) is 13.8 Å². The fourth-order valence-corrected chi connectivity index (χ4v) is 1.48. The molecule has 5 nitrogen and oxygen atoms in total. The van der Waals surface area contributed by atoms with Crippen LogP contribution in [0.3, 0.4) is 0 Å². The summed E-state index contributed by atoms with van der Waals surface area (Å²) in [5, 5.41) is 2.68. The molecule has 1 aromatic carbocycles. The number of nitrogens with zero attached hydrogens (tertiary/aromatic N) is 1. The molecule has 6 heteroatoms. The Hall–Kier alpha value is -2.11. The zero-order chi connectivity index (χ0) is 15.1. The second-order valence-electron chi connectivity index (χ2n) is 4.69. The number of hydrogen-bond donors (Lipinski definition) is 1. The monoisotopic (exact) mass is 282 g/mol. The van der Waals surface area contributed by atoms with Crippen LogP contribution in [0.15, 0.2) is 24.3 Å². The topological polar surface area (TPSA) is 58.6 Å². The molecule has 0 aliphatic heterocycles. The van der Waals surface area contributed by atoms with Gasteiger partial charge in [-0.1, -0.05) is 12.1 Å². The van der Waals surface area contributed by atoms with Crippen molar-refractivity contribution in [1.29, 1.82) is 0 Å². The first-order valence-electron chi connectivity index (χ1n) is 6.30. The number of carbonyl (C=O) groups is 2. The van der Waals surface area contributed by atoms with E-state index < -0.39 is 11.7 Å². The Labute approximate surface area is 117 Å². The number of rotatable bonds is 6. The van der Waals surface area contributed by atoms with Gasteiger partial charge in [-0.2, -0.15) is 0 Å². The standard InChI is InChI=1S/C14H19FN2O3/c1-10(2)16-13(18)8-17(3)14(19)9-20-12-7-5-4-6-11(12)15/h4-7,10H,8-9H2,1-3H3,(H,16,18). The van der Waals surface area contributed by atoms with Gasteiger partial charge in [-0.05, 0) is 26.0 Å².